The predicted molar refractivity (Wildman–Crippen MR) is 135 cm³/mol. The number of nitrogen functional groups attached to an aromatic ring is 1. The van der Waals surface area contributed by atoms with Crippen LogP contribution in [0.4, 0.5) is 5.95 Å². The molecule has 12 nitrogen and oxygen atoms in total. The Morgan fingerprint density at radius 1 is 1.14 bits per heavy atom. The normalized spacial score (nSPS) is 15.9. The fourth-order valence-electron chi connectivity index (χ4n) is 5.16. The number of aliphatic hydroxyl groups is 1. The molecular formula is C25H28N8O4. The first-order chi connectivity index (χ1) is 18.1. The zero-order valence-electron chi connectivity index (χ0n) is 20.7. The van der Waals surface area contributed by atoms with Crippen LogP contribution in [0.25, 0.3) is 28.3 Å². The van der Waals surface area contributed by atoms with Gasteiger partial charge < -0.3 is 24.7 Å². The molecule has 12 heteroatoms. The Hall–Kier alpha value is -4.16. The van der Waals surface area contributed by atoms with Gasteiger partial charge in [0.1, 0.15) is 0 Å². The minimum absolute atomic E-state index is 0.0486. The number of nitrogens with zero attached hydrogens (tertiary/aromatic N) is 7. The first-order valence-corrected chi connectivity index (χ1v) is 12.1. The molecule has 1 aromatic carbocycles. The molecule has 0 aliphatic carbocycles. The molecule has 192 valence electrons. The maximum atomic E-state index is 9.84. The molecule has 0 bridgehead atoms. The van der Waals surface area contributed by atoms with E-state index in [2.05, 4.69) is 25.1 Å². The topological polar surface area (TPSA) is 142 Å². The molecule has 0 saturated carbocycles. The highest BCUT2D eigenvalue weighted by atomic mass is 16.5. The molecule has 5 heterocycles. The van der Waals surface area contributed by atoms with Gasteiger partial charge in [0.2, 0.25) is 11.8 Å². The van der Waals surface area contributed by atoms with Gasteiger partial charge in [0.15, 0.2) is 28.6 Å². The zero-order chi connectivity index (χ0) is 25.5. The van der Waals surface area contributed by atoms with Crippen molar-refractivity contribution in [1.82, 2.24) is 34.3 Å². The summed E-state index contributed by atoms with van der Waals surface area (Å²) in [7, 11) is 3.28. The standard InChI is InChI=1S/C25H28N8O4/c1-35-20-12-15-5-7-31(18(6-10-34)16(15)13-21(20)36-2)8-9-32-23-17(14-27-32)24-28-22(19-4-3-11-37-19)30-33(24)25(26)29-23/h3-4,11-14,18,34H,5-10H2,1-2H3,(H2,26,29). The number of methoxy groups -OCH3 is 2. The van der Waals surface area contributed by atoms with Crippen LogP contribution in [0.2, 0.25) is 0 Å². The van der Waals surface area contributed by atoms with Crippen LogP contribution in [0.15, 0.2) is 41.1 Å². The van der Waals surface area contributed by atoms with Gasteiger partial charge in [0, 0.05) is 25.7 Å². The van der Waals surface area contributed by atoms with Gasteiger partial charge in [-0.25, -0.2) is 9.67 Å². The highest BCUT2D eigenvalue weighted by molar-refractivity contribution is 5.90. The number of aromatic nitrogens is 6. The van der Waals surface area contributed by atoms with Crippen molar-refractivity contribution in [3.05, 3.63) is 47.9 Å². The molecule has 4 aromatic heterocycles. The third kappa shape index (κ3) is 3.94. The molecule has 0 radical (unpaired) electrons. The van der Waals surface area contributed by atoms with Crippen molar-refractivity contribution >= 4 is 22.6 Å². The molecule has 6 rings (SSSR count). The van der Waals surface area contributed by atoms with Gasteiger partial charge in [-0.3, -0.25) is 4.90 Å². The molecule has 3 N–H and O–H groups in total. The van der Waals surface area contributed by atoms with E-state index in [-0.39, 0.29) is 18.6 Å². The number of furan rings is 1. The van der Waals surface area contributed by atoms with Crippen molar-refractivity contribution in [2.24, 2.45) is 0 Å². The SMILES string of the molecule is COc1cc2c(cc1OC)C(CCO)N(CCn1ncc3c1nc(N)n1nc(-c4ccco4)nc31)CC2. The Labute approximate surface area is 212 Å². The van der Waals surface area contributed by atoms with E-state index in [1.54, 1.807) is 38.8 Å². The van der Waals surface area contributed by atoms with Crippen LogP contribution in [0, 0.1) is 0 Å². The number of aliphatic hydroxyl groups excluding tert-OH is 1. The van der Waals surface area contributed by atoms with Crippen LogP contribution in [-0.2, 0) is 13.0 Å². The fraction of sp³-hybridized carbons (Fsp3) is 0.360. The Balaban J connectivity index is 1.29. The molecule has 1 aliphatic rings. The van der Waals surface area contributed by atoms with E-state index in [1.165, 1.54) is 10.1 Å². The lowest BCUT2D eigenvalue weighted by Gasteiger charge is -2.37. The number of nitrogens with two attached hydrogens (primary N) is 1. The molecule has 1 atom stereocenters. The highest BCUT2D eigenvalue weighted by Crippen LogP contribution is 2.39. The molecule has 0 spiro atoms. The average molecular weight is 505 g/mol. The summed E-state index contributed by atoms with van der Waals surface area (Å²) in [4.78, 5) is 11.6. The number of benzene rings is 1. The smallest absolute Gasteiger partial charge is 0.225 e. The molecule has 1 unspecified atom stereocenters. The van der Waals surface area contributed by atoms with Crippen molar-refractivity contribution in [1.29, 1.82) is 0 Å². The molecule has 0 saturated heterocycles. The number of fused-ring (bicyclic) bond motifs is 4. The largest absolute Gasteiger partial charge is 0.493 e. The monoisotopic (exact) mass is 504 g/mol. The summed E-state index contributed by atoms with van der Waals surface area (Å²) >= 11 is 0. The lowest BCUT2D eigenvalue weighted by molar-refractivity contribution is 0.141. The van der Waals surface area contributed by atoms with E-state index in [9.17, 15) is 5.11 Å². The predicted octanol–water partition coefficient (Wildman–Crippen LogP) is 2.32. The van der Waals surface area contributed by atoms with Crippen LogP contribution in [0.3, 0.4) is 0 Å². The van der Waals surface area contributed by atoms with Gasteiger partial charge >= 0.3 is 0 Å². The van der Waals surface area contributed by atoms with Gasteiger partial charge in [-0.05, 0) is 48.2 Å². The Morgan fingerprint density at radius 2 is 1.97 bits per heavy atom. The maximum Gasteiger partial charge on any atom is 0.225 e. The fourth-order valence-corrected chi connectivity index (χ4v) is 5.16. The van der Waals surface area contributed by atoms with E-state index in [4.69, 9.17) is 19.6 Å². The summed E-state index contributed by atoms with van der Waals surface area (Å²) in [6.45, 7) is 2.24. The van der Waals surface area contributed by atoms with Crippen molar-refractivity contribution in [3.8, 4) is 23.1 Å². The number of ether oxygens (including phenoxy) is 2. The Bertz CT molecular complexity index is 1560. The molecule has 5 aromatic rings. The summed E-state index contributed by atoms with van der Waals surface area (Å²) in [6, 6.07) is 7.71. The van der Waals surface area contributed by atoms with Crippen molar-refractivity contribution < 1.29 is 19.0 Å². The molecule has 0 amide bonds. The van der Waals surface area contributed by atoms with Gasteiger partial charge in [-0.1, -0.05) is 0 Å². The van der Waals surface area contributed by atoms with Crippen molar-refractivity contribution in [2.75, 3.05) is 39.6 Å². The van der Waals surface area contributed by atoms with Gasteiger partial charge in [-0.15, -0.1) is 5.10 Å². The van der Waals surface area contributed by atoms with Crippen LogP contribution in [0.1, 0.15) is 23.6 Å². The van der Waals surface area contributed by atoms with E-state index in [0.29, 0.717) is 48.1 Å². The van der Waals surface area contributed by atoms with Gasteiger partial charge in [0.25, 0.3) is 0 Å². The second-order valence-electron chi connectivity index (χ2n) is 8.94. The summed E-state index contributed by atoms with van der Waals surface area (Å²) in [6.07, 6.45) is 4.81. The molecule has 1 aliphatic heterocycles. The zero-order valence-corrected chi connectivity index (χ0v) is 20.7. The minimum atomic E-state index is 0.0486. The second-order valence-corrected chi connectivity index (χ2v) is 8.94. The first-order valence-electron chi connectivity index (χ1n) is 12.1. The van der Waals surface area contributed by atoms with Crippen LogP contribution < -0.4 is 15.2 Å². The van der Waals surface area contributed by atoms with Gasteiger partial charge in [0.05, 0.1) is 38.6 Å². The summed E-state index contributed by atoms with van der Waals surface area (Å²) in [5.74, 6) is 2.62. The highest BCUT2D eigenvalue weighted by Gasteiger charge is 2.29. The number of hydrogen-bond acceptors (Lipinski definition) is 10. The molecular weight excluding hydrogens is 476 g/mol. The number of hydrogen-bond donors (Lipinski definition) is 2. The lowest BCUT2D eigenvalue weighted by Crippen LogP contribution is -2.38. The third-order valence-electron chi connectivity index (χ3n) is 6.95. The molecule has 0 fully saturated rings. The van der Waals surface area contributed by atoms with Crippen LogP contribution in [-0.4, -0.2) is 73.3 Å². The average Bonchev–Trinajstić information content (AvgIpc) is 3.67. The minimum Gasteiger partial charge on any atom is -0.493 e. The third-order valence-corrected chi connectivity index (χ3v) is 6.95. The maximum absolute atomic E-state index is 9.84. The molecule has 37 heavy (non-hydrogen) atoms. The van der Waals surface area contributed by atoms with Crippen LogP contribution >= 0.6 is 0 Å². The van der Waals surface area contributed by atoms with E-state index >= 15 is 0 Å². The van der Waals surface area contributed by atoms with Crippen molar-refractivity contribution in [2.45, 2.75) is 25.4 Å². The van der Waals surface area contributed by atoms with E-state index in [0.717, 1.165) is 29.7 Å². The Morgan fingerprint density at radius 3 is 2.73 bits per heavy atom. The first kappa shape index (κ1) is 23.3. The van der Waals surface area contributed by atoms with Crippen molar-refractivity contribution in [3.63, 3.8) is 0 Å². The van der Waals surface area contributed by atoms with Gasteiger partial charge in [-0.2, -0.15) is 14.6 Å². The summed E-state index contributed by atoms with van der Waals surface area (Å²) in [5, 5.41) is 19.6. The Kier molecular flexibility index (Phi) is 5.89. The quantitative estimate of drug-likeness (QED) is 0.323. The number of rotatable bonds is 8. The van der Waals surface area contributed by atoms with E-state index in [1.807, 2.05) is 16.8 Å². The second kappa shape index (κ2) is 9.37. The number of anilines is 1. The lowest BCUT2D eigenvalue weighted by atomic mass is 9.90. The summed E-state index contributed by atoms with van der Waals surface area (Å²) in [5.41, 5.74) is 9.83. The van der Waals surface area contributed by atoms with Crippen LogP contribution in [0.5, 0.6) is 11.5 Å². The summed E-state index contributed by atoms with van der Waals surface area (Å²) < 4.78 is 19.8. The van der Waals surface area contributed by atoms with E-state index < -0.39 is 0 Å².